The summed E-state index contributed by atoms with van der Waals surface area (Å²) in [6, 6.07) is 0.0612. The van der Waals surface area contributed by atoms with E-state index in [1.165, 1.54) is 0 Å². The third-order valence-corrected chi connectivity index (χ3v) is 3.00. The van der Waals surface area contributed by atoms with Gasteiger partial charge in [0.15, 0.2) is 0 Å². The van der Waals surface area contributed by atoms with Crippen LogP contribution in [0.5, 0.6) is 0 Å². The lowest BCUT2D eigenvalue weighted by Crippen LogP contribution is -2.58. The Morgan fingerprint density at radius 2 is 1.41 bits per heavy atom. The molecule has 0 aromatic carbocycles. The Hall–Kier alpha value is -0.770. The largest absolute Gasteiger partial charge is 0.333 e. The minimum Gasteiger partial charge on any atom is -0.333 e. The Kier molecular flexibility index (Phi) is 4.07. The van der Waals surface area contributed by atoms with Crippen LogP contribution in [0.15, 0.2) is 0 Å². The molecular formula is C13H27N3O. The highest BCUT2D eigenvalue weighted by Gasteiger charge is 2.28. The van der Waals surface area contributed by atoms with E-state index in [0.717, 1.165) is 26.2 Å². The Labute approximate surface area is 105 Å². The molecule has 1 heterocycles. The maximum atomic E-state index is 12.0. The van der Waals surface area contributed by atoms with Gasteiger partial charge in [0.2, 0.25) is 0 Å². The van der Waals surface area contributed by atoms with Crippen molar-refractivity contribution in [1.29, 1.82) is 0 Å². The summed E-state index contributed by atoms with van der Waals surface area (Å²) in [5.41, 5.74) is 0.0465. The highest BCUT2D eigenvalue weighted by Crippen LogP contribution is 2.16. The molecule has 0 unspecified atom stereocenters. The molecule has 0 atom stereocenters. The lowest BCUT2D eigenvalue weighted by atomic mass is 10.1. The van der Waals surface area contributed by atoms with Crippen molar-refractivity contribution >= 4 is 6.03 Å². The van der Waals surface area contributed by atoms with E-state index < -0.39 is 0 Å². The first-order valence-electron chi connectivity index (χ1n) is 6.42. The van der Waals surface area contributed by atoms with Gasteiger partial charge in [-0.1, -0.05) is 0 Å². The standard InChI is InChI=1S/C13H27N3O/c1-12(2,3)14-11(17)15-7-9-16(10-8-15)13(4,5)6/h7-10H2,1-6H3,(H,14,17). The van der Waals surface area contributed by atoms with Crippen LogP contribution >= 0.6 is 0 Å². The van der Waals surface area contributed by atoms with E-state index in [-0.39, 0.29) is 17.1 Å². The van der Waals surface area contributed by atoms with Crippen molar-refractivity contribution in [2.24, 2.45) is 0 Å². The highest BCUT2D eigenvalue weighted by atomic mass is 16.2. The van der Waals surface area contributed by atoms with Crippen LogP contribution in [0.1, 0.15) is 41.5 Å². The average molecular weight is 241 g/mol. The van der Waals surface area contributed by atoms with E-state index in [1.807, 2.05) is 25.7 Å². The number of carbonyl (C=O) groups is 1. The van der Waals surface area contributed by atoms with Gasteiger partial charge in [0, 0.05) is 37.3 Å². The molecule has 0 radical (unpaired) electrons. The summed E-state index contributed by atoms with van der Waals surface area (Å²) in [7, 11) is 0. The molecule has 0 aromatic heterocycles. The molecule has 2 amide bonds. The van der Waals surface area contributed by atoms with Crippen LogP contribution in [0.3, 0.4) is 0 Å². The van der Waals surface area contributed by atoms with Crippen molar-refractivity contribution in [1.82, 2.24) is 15.1 Å². The van der Waals surface area contributed by atoms with Crippen molar-refractivity contribution in [2.75, 3.05) is 26.2 Å². The van der Waals surface area contributed by atoms with Gasteiger partial charge in [-0.15, -0.1) is 0 Å². The second kappa shape index (κ2) is 4.84. The molecule has 0 aliphatic carbocycles. The summed E-state index contributed by atoms with van der Waals surface area (Å²) in [5.74, 6) is 0. The summed E-state index contributed by atoms with van der Waals surface area (Å²) >= 11 is 0. The number of urea groups is 1. The van der Waals surface area contributed by atoms with Gasteiger partial charge in [0.25, 0.3) is 0 Å². The number of hydrogen-bond donors (Lipinski definition) is 1. The molecule has 0 spiro atoms. The number of amides is 2. The molecule has 0 bridgehead atoms. The van der Waals surface area contributed by atoms with Gasteiger partial charge in [-0.05, 0) is 41.5 Å². The van der Waals surface area contributed by atoms with E-state index >= 15 is 0 Å². The van der Waals surface area contributed by atoms with E-state index in [4.69, 9.17) is 0 Å². The summed E-state index contributed by atoms with van der Waals surface area (Å²) in [4.78, 5) is 16.3. The summed E-state index contributed by atoms with van der Waals surface area (Å²) in [5, 5.41) is 3.01. The minimum absolute atomic E-state index is 0.0612. The van der Waals surface area contributed by atoms with Gasteiger partial charge in [0.1, 0.15) is 0 Å². The van der Waals surface area contributed by atoms with Gasteiger partial charge < -0.3 is 10.2 Å². The maximum Gasteiger partial charge on any atom is 0.317 e. The zero-order chi connectivity index (χ0) is 13.3. The fourth-order valence-electron chi connectivity index (χ4n) is 1.98. The fraction of sp³-hybridized carbons (Fsp3) is 0.923. The quantitative estimate of drug-likeness (QED) is 0.703. The van der Waals surface area contributed by atoms with Crippen molar-refractivity contribution in [3.8, 4) is 0 Å². The monoisotopic (exact) mass is 241 g/mol. The molecule has 1 fully saturated rings. The molecule has 0 saturated carbocycles. The van der Waals surface area contributed by atoms with E-state index in [9.17, 15) is 4.79 Å². The van der Waals surface area contributed by atoms with Gasteiger partial charge in [-0.3, -0.25) is 4.90 Å². The second-order valence-electron chi connectivity index (χ2n) is 6.83. The van der Waals surface area contributed by atoms with Crippen molar-refractivity contribution < 1.29 is 4.79 Å². The van der Waals surface area contributed by atoms with Crippen LogP contribution in [0.25, 0.3) is 0 Å². The molecule has 1 saturated heterocycles. The third kappa shape index (κ3) is 4.54. The summed E-state index contributed by atoms with van der Waals surface area (Å²) < 4.78 is 0. The molecule has 1 aliphatic rings. The summed E-state index contributed by atoms with van der Waals surface area (Å²) in [6.45, 7) is 16.2. The molecule has 1 aliphatic heterocycles. The van der Waals surface area contributed by atoms with Gasteiger partial charge in [0.05, 0.1) is 0 Å². The first-order valence-corrected chi connectivity index (χ1v) is 6.42. The zero-order valence-electron chi connectivity index (χ0n) is 12.1. The van der Waals surface area contributed by atoms with Crippen molar-refractivity contribution in [3.63, 3.8) is 0 Å². The topological polar surface area (TPSA) is 35.6 Å². The normalized spacial score (nSPS) is 19.3. The number of piperazine rings is 1. The second-order valence-corrected chi connectivity index (χ2v) is 6.83. The van der Waals surface area contributed by atoms with Crippen LogP contribution in [-0.4, -0.2) is 53.1 Å². The average Bonchev–Trinajstić information content (AvgIpc) is 2.14. The lowest BCUT2D eigenvalue weighted by molar-refractivity contribution is 0.0727. The van der Waals surface area contributed by atoms with Gasteiger partial charge in [-0.25, -0.2) is 4.79 Å². The Morgan fingerprint density at radius 3 is 1.76 bits per heavy atom. The Balaban J connectivity index is 2.45. The number of rotatable bonds is 0. The third-order valence-electron chi connectivity index (χ3n) is 3.00. The SMILES string of the molecule is CC(C)(C)NC(=O)N1CCN(C(C)(C)C)CC1. The molecule has 4 nitrogen and oxygen atoms in total. The predicted molar refractivity (Wildman–Crippen MR) is 71.2 cm³/mol. The molecule has 4 heteroatoms. The first-order chi connectivity index (χ1) is 7.59. The van der Waals surface area contributed by atoms with Gasteiger partial charge in [-0.2, -0.15) is 0 Å². The molecule has 0 aromatic rings. The van der Waals surface area contributed by atoms with Crippen LogP contribution in [0.4, 0.5) is 4.79 Å². The highest BCUT2D eigenvalue weighted by molar-refractivity contribution is 5.75. The van der Waals surface area contributed by atoms with E-state index in [2.05, 4.69) is 31.0 Å². The number of hydrogen-bond acceptors (Lipinski definition) is 2. The number of nitrogens with one attached hydrogen (secondary N) is 1. The molecule has 1 N–H and O–H groups in total. The van der Waals surface area contributed by atoms with Crippen molar-refractivity contribution in [2.45, 2.75) is 52.6 Å². The van der Waals surface area contributed by atoms with Crippen LogP contribution < -0.4 is 5.32 Å². The molecule has 1 rings (SSSR count). The number of nitrogens with zero attached hydrogens (tertiary/aromatic N) is 2. The Bertz CT molecular complexity index is 267. The van der Waals surface area contributed by atoms with E-state index in [0.29, 0.717) is 0 Å². The first kappa shape index (κ1) is 14.3. The zero-order valence-corrected chi connectivity index (χ0v) is 12.1. The molecule has 100 valence electrons. The smallest absolute Gasteiger partial charge is 0.317 e. The van der Waals surface area contributed by atoms with Crippen LogP contribution in [-0.2, 0) is 0 Å². The number of carbonyl (C=O) groups excluding carboxylic acids is 1. The van der Waals surface area contributed by atoms with Crippen LogP contribution in [0.2, 0.25) is 0 Å². The predicted octanol–water partition coefficient (Wildman–Crippen LogP) is 1.91. The van der Waals surface area contributed by atoms with Crippen molar-refractivity contribution in [3.05, 3.63) is 0 Å². The summed E-state index contributed by atoms with van der Waals surface area (Å²) in [6.07, 6.45) is 0. The van der Waals surface area contributed by atoms with Gasteiger partial charge >= 0.3 is 6.03 Å². The van der Waals surface area contributed by atoms with Crippen LogP contribution in [0, 0.1) is 0 Å². The Morgan fingerprint density at radius 1 is 0.941 bits per heavy atom. The molecule has 17 heavy (non-hydrogen) atoms. The lowest BCUT2D eigenvalue weighted by Gasteiger charge is -2.42. The fourth-order valence-corrected chi connectivity index (χ4v) is 1.98. The maximum absolute atomic E-state index is 12.0. The minimum atomic E-state index is -0.155. The van der Waals surface area contributed by atoms with E-state index in [1.54, 1.807) is 0 Å². The molecular weight excluding hydrogens is 214 g/mol.